The van der Waals surface area contributed by atoms with E-state index in [4.69, 9.17) is 16.6 Å². The fraction of sp³-hybridized carbons (Fsp3) is 0.394. The average molecular weight is 591 g/mol. The van der Waals surface area contributed by atoms with Gasteiger partial charge in [0.05, 0.1) is 21.2 Å². The molecular weight excluding hydrogens is 552 g/mol. The number of aryl methyl sites for hydroxylation is 2. The normalized spacial score (nSPS) is 17.7. The number of sulfone groups is 1. The lowest BCUT2D eigenvalue weighted by Crippen LogP contribution is -2.38. The summed E-state index contributed by atoms with van der Waals surface area (Å²) in [5.41, 5.74) is 6.04. The second kappa shape index (κ2) is 12.5. The number of hydrogen-bond acceptors (Lipinski definition) is 6. The van der Waals surface area contributed by atoms with Crippen molar-refractivity contribution in [2.24, 2.45) is 0 Å². The van der Waals surface area contributed by atoms with E-state index in [2.05, 4.69) is 48.2 Å². The van der Waals surface area contributed by atoms with Gasteiger partial charge in [-0.05, 0) is 105 Å². The smallest absolute Gasteiger partial charge is 0.223 e. The Kier molecular flexibility index (Phi) is 8.97. The van der Waals surface area contributed by atoms with Crippen LogP contribution < -0.4 is 5.32 Å². The van der Waals surface area contributed by atoms with Gasteiger partial charge < -0.3 is 10.2 Å². The van der Waals surface area contributed by atoms with E-state index in [1.807, 2.05) is 31.3 Å². The summed E-state index contributed by atoms with van der Waals surface area (Å²) in [6.45, 7) is 7.48. The Labute approximate surface area is 249 Å². The summed E-state index contributed by atoms with van der Waals surface area (Å²) in [6.07, 6.45) is 7.43. The molecule has 1 aliphatic carbocycles. The van der Waals surface area contributed by atoms with Gasteiger partial charge in [-0.25, -0.2) is 18.4 Å². The number of benzene rings is 3. The van der Waals surface area contributed by atoms with Gasteiger partial charge in [-0.3, -0.25) is 0 Å². The van der Waals surface area contributed by atoms with E-state index in [9.17, 15) is 8.42 Å². The summed E-state index contributed by atoms with van der Waals surface area (Å²) in [5.74, 6) is 0.601. The minimum absolute atomic E-state index is 0.101. The quantitative estimate of drug-likeness (QED) is 0.218. The van der Waals surface area contributed by atoms with Gasteiger partial charge in [-0.2, -0.15) is 0 Å². The summed E-state index contributed by atoms with van der Waals surface area (Å²) in [6, 6.07) is 17.8. The summed E-state index contributed by atoms with van der Waals surface area (Å²) in [7, 11) is -1.34. The van der Waals surface area contributed by atoms with E-state index >= 15 is 0 Å². The topological polar surface area (TPSA) is 75.2 Å². The first-order valence-electron chi connectivity index (χ1n) is 14.5. The van der Waals surface area contributed by atoms with Crippen molar-refractivity contribution in [1.29, 1.82) is 0 Å². The number of nitrogens with one attached hydrogen (secondary N) is 1. The maximum absolute atomic E-state index is 13.0. The van der Waals surface area contributed by atoms with E-state index in [1.165, 1.54) is 18.4 Å². The minimum atomic E-state index is -3.56. The first kappa shape index (κ1) is 29.5. The lowest BCUT2D eigenvalue weighted by atomic mass is 9.90. The standard InChI is InChI=1S/C33H39ClN4O2S/c1-5-24-18-25(29-16-11-23(17-22(29)3)21-41(39,40)31-10-8-7-9-30(31)34)19-26-20-35-33(37-32(24)26)36-27-12-14-28(15-13-27)38(4)6-2/h7-11,16-20,27-28H,5-6,12-15,21H2,1-4H3,(H,35,36,37). The average Bonchev–Trinajstić information content (AvgIpc) is 2.96. The number of halogens is 1. The molecule has 0 bridgehead atoms. The van der Waals surface area contributed by atoms with Crippen LogP contribution in [0.3, 0.4) is 0 Å². The molecular formula is C33H39ClN4O2S. The molecule has 4 aromatic rings. The van der Waals surface area contributed by atoms with Crippen LogP contribution >= 0.6 is 11.6 Å². The molecule has 1 aliphatic rings. The Morgan fingerprint density at radius 3 is 2.46 bits per heavy atom. The highest BCUT2D eigenvalue weighted by Crippen LogP contribution is 2.32. The Bertz CT molecular complexity index is 1650. The largest absolute Gasteiger partial charge is 0.351 e. The molecule has 1 fully saturated rings. The lowest BCUT2D eigenvalue weighted by Gasteiger charge is -2.34. The predicted molar refractivity (Wildman–Crippen MR) is 169 cm³/mol. The fourth-order valence-electron chi connectivity index (χ4n) is 5.95. The molecule has 0 aliphatic heterocycles. The molecule has 6 nitrogen and oxygen atoms in total. The summed E-state index contributed by atoms with van der Waals surface area (Å²) in [5, 5.41) is 4.85. The van der Waals surface area contributed by atoms with Crippen LogP contribution in [0.5, 0.6) is 0 Å². The molecule has 1 N–H and O–H groups in total. The van der Waals surface area contributed by atoms with Crippen LogP contribution in [0.4, 0.5) is 5.95 Å². The molecule has 3 aromatic carbocycles. The summed E-state index contributed by atoms with van der Waals surface area (Å²) in [4.78, 5) is 12.2. The van der Waals surface area contributed by atoms with Gasteiger partial charge in [0, 0.05) is 23.7 Å². The van der Waals surface area contributed by atoms with Gasteiger partial charge in [0.15, 0.2) is 9.84 Å². The van der Waals surface area contributed by atoms with Gasteiger partial charge in [0.2, 0.25) is 5.95 Å². The summed E-state index contributed by atoms with van der Waals surface area (Å²) < 4.78 is 26.0. The molecule has 1 heterocycles. The number of rotatable bonds is 9. The highest BCUT2D eigenvalue weighted by Gasteiger charge is 2.24. The van der Waals surface area contributed by atoms with Gasteiger partial charge in [-0.15, -0.1) is 0 Å². The molecule has 0 spiro atoms. The van der Waals surface area contributed by atoms with Crippen LogP contribution in [0.1, 0.15) is 56.2 Å². The Hall–Kier alpha value is -3.00. The van der Waals surface area contributed by atoms with Crippen LogP contribution in [0.15, 0.2) is 65.7 Å². The second-order valence-electron chi connectivity index (χ2n) is 11.2. The molecule has 216 valence electrons. The third-order valence-electron chi connectivity index (χ3n) is 8.43. The number of hydrogen-bond donors (Lipinski definition) is 1. The Morgan fingerprint density at radius 1 is 1.02 bits per heavy atom. The van der Waals surface area contributed by atoms with Crippen molar-refractivity contribution in [2.45, 2.75) is 75.6 Å². The number of anilines is 1. The lowest BCUT2D eigenvalue weighted by molar-refractivity contribution is 0.194. The third kappa shape index (κ3) is 6.58. The van der Waals surface area contributed by atoms with Crippen molar-refractivity contribution in [3.8, 4) is 11.1 Å². The van der Waals surface area contributed by atoms with Gasteiger partial charge >= 0.3 is 0 Å². The van der Waals surface area contributed by atoms with Crippen molar-refractivity contribution in [3.63, 3.8) is 0 Å². The van der Waals surface area contributed by atoms with Crippen molar-refractivity contribution >= 4 is 38.3 Å². The molecule has 8 heteroatoms. The zero-order valence-electron chi connectivity index (χ0n) is 24.3. The number of aromatic nitrogens is 2. The zero-order valence-corrected chi connectivity index (χ0v) is 25.9. The maximum Gasteiger partial charge on any atom is 0.223 e. The summed E-state index contributed by atoms with van der Waals surface area (Å²) >= 11 is 6.17. The first-order chi connectivity index (χ1) is 19.7. The van der Waals surface area contributed by atoms with Crippen LogP contribution in [0.25, 0.3) is 22.0 Å². The molecule has 0 unspecified atom stereocenters. The van der Waals surface area contributed by atoms with Crippen LogP contribution in [-0.2, 0) is 22.0 Å². The Morgan fingerprint density at radius 2 is 1.78 bits per heavy atom. The molecule has 0 amide bonds. The van der Waals surface area contributed by atoms with Crippen molar-refractivity contribution in [1.82, 2.24) is 14.9 Å². The SMILES string of the molecule is CCc1cc(-c2ccc(CS(=O)(=O)c3ccccc3Cl)cc2C)cc2cnc(NC3CCC(N(C)CC)CC3)nc12. The molecule has 1 aromatic heterocycles. The molecule has 1 saturated carbocycles. The molecule has 0 saturated heterocycles. The van der Waals surface area contributed by atoms with E-state index in [1.54, 1.807) is 24.3 Å². The maximum atomic E-state index is 13.0. The van der Waals surface area contributed by atoms with Crippen molar-refractivity contribution in [3.05, 3.63) is 82.5 Å². The highest BCUT2D eigenvalue weighted by atomic mass is 35.5. The third-order valence-corrected chi connectivity index (χ3v) is 10.6. The van der Waals surface area contributed by atoms with Gasteiger partial charge in [-0.1, -0.05) is 55.8 Å². The van der Waals surface area contributed by atoms with Crippen molar-refractivity contribution in [2.75, 3.05) is 18.9 Å². The van der Waals surface area contributed by atoms with E-state index < -0.39 is 9.84 Å². The first-order valence-corrected chi connectivity index (χ1v) is 16.5. The van der Waals surface area contributed by atoms with E-state index in [-0.39, 0.29) is 15.7 Å². The van der Waals surface area contributed by atoms with Crippen molar-refractivity contribution < 1.29 is 8.42 Å². The van der Waals surface area contributed by atoms with E-state index in [0.29, 0.717) is 18.0 Å². The van der Waals surface area contributed by atoms with Gasteiger partial charge in [0.25, 0.3) is 0 Å². The molecule has 0 radical (unpaired) electrons. The molecule has 41 heavy (non-hydrogen) atoms. The predicted octanol–water partition coefficient (Wildman–Crippen LogP) is 7.47. The Balaban J connectivity index is 1.36. The number of fused-ring (bicyclic) bond motifs is 1. The van der Waals surface area contributed by atoms with Crippen LogP contribution in [0, 0.1) is 6.92 Å². The van der Waals surface area contributed by atoms with Crippen LogP contribution in [-0.4, -0.2) is 49.0 Å². The molecule has 0 atom stereocenters. The van der Waals surface area contributed by atoms with Crippen LogP contribution in [0.2, 0.25) is 5.02 Å². The minimum Gasteiger partial charge on any atom is -0.351 e. The van der Waals surface area contributed by atoms with Gasteiger partial charge in [0.1, 0.15) is 0 Å². The monoisotopic (exact) mass is 590 g/mol. The van der Waals surface area contributed by atoms with E-state index in [0.717, 1.165) is 59.0 Å². The number of nitrogens with zero attached hydrogens (tertiary/aromatic N) is 3. The highest BCUT2D eigenvalue weighted by molar-refractivity contribution is 7.90. The fourth-order valence-corrected chi connectivity index (χ4v) is 7.86. The zero-order chi connectivity index (χ0) is 29.1. The molecule has 5 rings (SSSR count). The second-order valence-corrected chi connectivity index (χ2v) is 13.5.